The van der Waals surface area contributed by atoms with Gasteiger partial charge in [-0.3, -0.25) is 4.79 Å². The Kier molecular flexibility index (Phi) is 3.73. The minimum Gasteiger partial charge on any atom is -0.508 e. The van der Waals surface area contributed by atoms with E-state index >= 15 is 0 Å². The molecule has 0 aliphatic carbocycles. The maximum Gasteiger partial charge on any atom is 0.265 e. The lowest BCUT2D eigenvalue weighted by Crippen LogP contribution is -2.10. The first kappa shape index (κ1) is 13.1. The lowest BCUT2D eigenvalue weighted by atomic mass is 10.2. The van der Waals surface area contributed by atoms with E-state index in [1.165, 1.54) is 11.3 Å². The van der Waals surface area contributed by atoms with E-state index in [-0.39, 0.29) is 11.7 Å². The second-order valence-electron chi connectivity index (χ2n) is 4.02. The second kappa shape index (κ2) is 5.12. The number of hydrogen-bond acceptors (Lipinski definition) is 3. The van der Waals surface area contributed by atoms with Crippen molar-refractivity contribution in [1.82, 2.24) is 0 Å². The maximum atomic E-state index is 12.0. The number of benzene rings is 1. The van der Waals surface area contributed by atoms with E-state index in [9.17, 15) is 9.90 Å². The van der Waals surface area contributed by atoms with Crippen molar-refractivity contribution in [1.29, 1.82) is 0 Å². The molecule has 0 aliphatic rings. The molecule has 18 heavy (non-hydrogen) atoms. The van der Waals surface area contributed by atoms with Crippen LogP contribution in [0.25, 0.3) is 0 Å². The van der Waals surface area contributed by atoms with Gasteiger partial charge in [0.05, 0.1) is 8.66 Å². The van der Waals surface area contributed by atoms with Crippen molar-refractivity contribution in [3.8, 4) is 5.75 Å². The van der Waals surface area contributed by atoms with Gasteiger partial charge in [0.25, 0.3) is 5.91 Å². The van der Waals surface area contributed by atoms with E-state index in [2.05, 4.69) is 21.2 Å². The van der Waals surface area contributed by atoms with Gasteiger partial charge >= 0.3 is 0 Å². The molecular formula is C13H12BrNO2S. The smallest absolute Gasteiger partial charge is 0.265 e. The Morgan fingerprint density at radius 3 is 2.56 bits per heavy atom. The summed E-state index contributed by atoms with van der Waals surface area (Å²) >= 11 is 4.81. The van der Waals surface area contributed by atoms with Crippen LogP contribution in [0.5, 0.6) is 5.75 Å². The minimum atomic E-state index is -0.136. The number of halogens is 1. The summed E-state index contributed by atoms with van der Waals surface area (Å²) in [6, 6.07) is 6.71. The summed E-state index contributed by atoms with van der Waals surface area (Å²) in [5.74, 6) is 0.0581. The molecule has 2 N–H and O–H groups in total. The van der Waals surface area contributed by atoms with E-state index in [4.69, 9.17) is 0 Å². The first-order chi connectivity index (χ1) is 8.47. The average Bonchev–Trinajstić information content (AvgIpc) is 2.63. The fraction of sp³-hybridized carbons (Fsp3) is 0.154. The van der Waals surface area contributed by atoms with Crippen molar-refractivity contribution in [3.05, 3.63) is 44.1 Å². The Bertz CT molecular complexity index is 588. The zero-order valence-corrected chi connectivity index (χ0v) is 12.4. The third-order valence-corrected chi connectivity index (χ3v) is 4.67. The quantitative estimate of drug-likeness (QED) is 0.817. The fourth-order valence-electron chi connectivity index (χ4n) is 1.54. The normalized spacial score (nSPS) is 10.4. The topological polar surface area (TPSA) is 49.3 Å². The molecule has 1 heterocycles. The van der Waals surface area contributed by atoms with E-state index in [1.54, 1.807) is 18.2 Å². The molecule has 0 saturated heterocycles. The van der Waals surface area contributed by atoms with Gasteiger partial charge in [-0.05, 0) is 65.2 Å². The molecule has 0 bridgehead atoms. The van der Waals surface area contributed by atoms with Crippen molar-refractivity contribution in [2.75, 3.05) is 5.32 Å². The number of aryl methyl sites for hydroxylation is 2. The average molecular weight is 326 g/mol. The first-order valence-corrected chi connectivity index (χ1v) is 6.95. The van der Waals surface area contributed by atoms with Gasteiger partial charge in [-0.1, -0.05) is 0 Å². The predicted molar refractivity (Wildman–Crippen MR) is 77.6 cm³/mol. The number of nitrogens with one attached hydrogen (secondary N) is 1. The Morgan fingerprint density at radius 1 is 1.28 bits per heavy atom. The largest absolute Gasteiger partial charge is 0.508 e. The fourth-order valence-corrected chi connectivity index (χ4v) is 2.97. The van der Waals surface area contributed by atoms with Crippen LogP contribution in [0.4, 0.5) is 5.69 Å². The van der Waals surface area contributed by atoms with E-state index in [1.807, 2.05) is 19.9 Å². The predicted octanol–water partition coefficient (Wildman–Crippen LogP) is 4.09. The SMILES string of the molecule is Cc1cc(O)ccc1NC(=O)c1cc(C)c(Br)s1. The molecule has 1 aromatic carbocycles. The van der Waals surface area contributed by atoms with Crippen LogP contribution in [0.1, 0.15) is 20.8 Å². The highest BCUT2D eigenvalue weighted by Crippen LogP contribution is 2.28. The van der Waals surface area contributed by atoms with Crippen molar-refractivity contribution in [2.45, 2.75) is 13.8 Å². The van der Waals surface area contributed by atoms with Gasteiger partial charge in [0, 0.05) is 5.69 Å². The molecule has 94 valence electrons. The summed E-state index contributed by atoms with van der Waals surface area (Å²) in [4.78, 5) is 12.7. The van der Waals surface area contributed by atoms with Gasteiger partial charge in [0.15, 0.2) is 0 Å². The number of carbonyl (C=O) groups is 1. The molecule has 0 radical (unpaired) electrons. The van der Waals surface area contributed by atoms with Crippen LogP contribution in [-0.4, -0.2) is 11.0 Å². The molecule has 0 fully saturated rings. The number of phenols is 1. The number of anilines is 1. The lowest BCUT2D eigenvalue weighted by Gasteiger charge is -2.07. The molecule has 1 amide bonds. The summed E-state index contributed by atoms with van der Waals surface area (Å²) in [6.07, 6.45) is 0. The highest BCUT2D eigenvalue weighted by Gasteiger charge is 2.12. The Hall–Kier alpha value is -1.33. The van der Waals surface area contributed by atoms with Gasteiger partial charge in [-0.2, -0.15) is 0 Å². The highest BCUT2D eigenvalue weighted by molar-refractivity contribution is 9.11. The van der Waals surface area contributed by atoms with Crippen LogP contribution in [0, 0.1) is 13.8 Å². The van der Waals surface area contributed by atoms with Crippen LogP contribution < -0.4 is 5.32 Å². The second-order valence-corrected chi connectivity index (χ2v) is 6.39. The third-order valence-electron chi connectivity index (χ3n) is 2.54. The molecule has 5 heteroatoms. The lowest BCUT2D eigenvalue weighted by molar-refractivity contribution is 0.103. The van der Waals surface area contributed by atoms with E-state index in [0.29, 0.717) is 10.6 Å². The monoisotopic (exact) mass is 325 g/mol. The number of hydrogen-bond donors (Lipinski definition) is 2. The molecule has 0 saturated carbocycles. The summed E-state index contributed by atoms with van der Waals surface area (Å²) in [5.41, 5.74) is 2.59. The molecule has 0 spiro atoms. The molecule has 1 aromatic heterocycles. The molecule has 2 rings (SSSR count). The van der Waals surface area contributed by atoms with Crippen LogP contribution in [0.3, 0.4) is 0 Å². The van der Waals surface area contributed by atoms with Crippen LogP contribution in [0.2, 0.25) is 0 Å². The van der Waals surface area contributed by atoms with Crippen LogP contribution in [0.15, 0.2) is 28.1 Å². The Morgan fingerprint density at radius 2 is 2.00 bits per heavy atom. The number of phenolic OH excluding ortho intramolecular Hbond substituents is 1. The molecule has 0 aliphatic heterocycles. The molecule has 0 unspecified atom stereocenters. The minimum absolute atomic E-state index is 0.136. The summed E-state index contributed by atoms with van der Waals surface area (Å²) in [5, 5.41) is 12.1. The summed E-state index contributed by atoms with van der Waals surface area (Å²) < 4.78 is 0.968. The van der Waals surface area contributed by atoms with Crippen LogP contribution in [-0.2, 0) is 0 Å². The van der Waals surface area contributed by atoms with Crippen molar-refractivity contribution >= 4 is 38.9 Å². The number of rotatable bonds is 2. The third kappa shape index (κ3) is 2.73. The van der Waals surface area contributed by atoms with E-state index in [0.717, 1.165) is 14.9 Å². The van der Waals surface area contributed by atoms with Gasteiger partial charge < -0.3 is 10.4 Å². The molecular weight excluding hydrogens is 314 g/mol. The standard InChI is InChI=1S/C13H12BrNO2S/c1-7-5-9(16)3-4-10(7)15-13(17)11-6-8(2)12(14)18-11/h3-6,16H,1-2H3,(H,15,17). The van der Waals surface area contributed by atoms with Crippen molar-refractivity contribution in [3.63, 3.8) is 0 Å². The number of aromatic hydroxyl groups is 1. The van der Waals surface area contributed by atoms with Gasteiger partial charge in [-0.25, -0.2) is 0 Å². The van der Waals surface area contributed by atoms with E-state index < -0.39 is 0 Å². The summed E-state index contributed by atoms with van der Waals surface area (Å²) in [7, 11) is 0. The Balaban J connectivity index is 2.21. The van der Waals surface area contributed by atoms with Crippen LogP contribution >= 0.6 is 27.3 Å². The maximum absolute atomic E-state index is 12.0. The zero-order valence-electron chi connectivity index (χ0n) is 9.95. The first-order valence-electron chi connectivity index (χ1n) is 5.34. The number of thiophene rings is 1. The van der Waals surface area contributed by atoms with Crippen molar-refractivity contribution in [2.24, 2.45) is 0 Å². The van der Waals surface area contributed by atoms with Gasteiger partial charge in [0.2, 0.25) is 0 Å². The molecule has 0 atom stereocenters. The van der Waals surface area contributed by atoms with Gasteiger partial charge in [-0.15, -0.1) is 11.3 Å². The molecule has 2 aromatic rings. The van der Waals surface area contributed by atoms with Gasteiger partial charge in [0.1, 0.15) is 5.75 Å². The molecule has 3 nitrogen and oxygen atoms in total. The number of amides is 1. The van der Waals surface area contributed by atoms with Crippen molar-refractivity contribution < 1.29 is 9.90 Å². The highest BCUT2D eigenvalue weighted by atomic mass is 79.9. The zero-order chi connectivity index (χ0) is 13.3. The number of carbonyl (C=O) groups excluding carboxylic acids is 1. The Labute approximate surface area is 118 Å². The summed E-state index contributed by atoms with van der Waals surface area (Å²) in [6.45, 7) is 3.79.